The molecule has 1 aliphatic carbocycles. The SMILES string of the molecule is C=C1C(=O)OC2C[C@]3(C)OC3CC(O)C3=CC(OC3=O)C12. The maximum absolute atomic E-state index is 11.9. The van der Waals surface area contributed by atoms with Gasteiger partial charge in [0.15, 0.2) is 0 Å². The maximum atomic E-state index is 11.9. The van der Waals surface area contributed by atoms with E-state index in [1.807, 2.05) is 6.92 Å². The average Bonchev–Trinajstić information content (AvgIpc) is 2.73. The molecule has 0 spiro atoms. The number of aliphatic hydroxyl groups is 1. The first-order chi connectivity index (χ1) is 9.89. The van der Waals surface area contributed by atoms with Crippen molar-refractivity contribution in [3.63, 3.8) is 0 Å². The highest BCUT2D eigenvalue weighted by atomic mass is 16.6. The Morgan fingerprint density at radius 1 is 1.33 bits per heavy atom. The van der Waals surface area contributed by atoms with Crippen LogP contribution >= 0.6 is 0 Å². The smallest absolute Gasteiger partial charge is 0.337 e. The number of hydrogen-bond acceptors (Lipinski definition) is 6. The predicted octanol–water partition coefficient (Wildman–Crippen LogP) is 0.248. The Morgan fingerprint density at radius 3 is 2.86 bits per heavy atom. The Labute approximate surface area is 121 Å². The number of ether oxygens (including phenoxy) is 3. The summed E-state index contributed by atoms with van der Waals surface area (Å²) in [4.78, 5) is 23.7. The van der Waals surface area contributed by atoms with Gasteiger partial charge in [0.2, 0.25) is 0 Å². The number of carbonyl (C=O) groups is 2. The third kappa shape index (κ3) is 1.79. The van der Waals surface area contributed by atoms with Crippen LogP contribution in [0.1, 0.15) is 19.8 Å². The van der Waals surface area contributed by atoms with Gasteiger partial charge in [0.25, 0.3) is 0 Å². The van der Waals surface area contributed by atoms with Crippen LogP contribution in [0.25, 0.3) is 0 Å². The molecule has 4 rings (SSSR count). The molecule has 2 saturated heterocycles. The molecule has 3 heterocycles. The van der Waals surface area contributed by atoms with Gasteiger partial charge in [0, 0.05) is 18.4 Å². The summed E-state index contributed by atoms with van der Waals surface area (Å²) < 4.78 is 16.4. The van der Waals surface area contributed by atoms with E-state index in [1.165, 1.54) is 0 Å². The van der Waals surface area contributed by atoms with Crippen molar-refractivity contribution in [1.29, 1.82) is 0 Å². The van der Waals surface area contributed by atoms with Gasteiger partial charge in [0.05, 0.1) is 29.3 Å². The summed E-state index contributed by atoms with van der Waals surface area (Å²) in [5.74, 6) is -1.41. The Hall–Kier alpha value is -1.66. The molecule has 0 amide bonds. The highest BCUT2D eigenvalue weighted by Gasteiger charge is 2.59. The normalized spacial score (nSPS) is 48.0. The highest BCUT2D eigenvalue weighted by Crippen LogP contribution is 2.49. The molecule has 4 aliphatic rings. The van der Waals surface area contributed by atoms with Crippen molar-refractivity contribution in [3.8, 4) is 0 Å². The molecule has 6 nitrogen and oxygen atoms in total. The van der Waals surface area contributed by atoms with Gasteiger partial charge in [-0.05, 0) is 13.0 Å². The fourth-order valence-electron chi connectivity index (χ4n) is 3.62. The second-order valence-electron chi connectivity index (χ2n) is 6.36. The zero-order valence-electron chi connectivity index (χ0n) is 11.6. The molecule has 0 radical (unpaired) electrons. The molecule has 0 aromatic heterocycles. The molecule has 0 saturated carbocycles. The summed E-state index contributed by atoms with van der Waals surface area (Å²) in [6, 6.07) is 0. The van der Waals surface area contributed by atoms with Crippen LogP contribution < -0.4 is 0 Å². The molecule has 0 aromatic rings. The van der Waals surface area contributed by atoms with Gasteiger partial charge in [0.1, 0.15) is 12.2 Å². The standard InChI is InChI=1S/C15H16O6/c1-6-12-9-3-7(14(18)19-9)8(16)4-11-15(2,21-11)5-10(12)20-13(6)17/h3,8-12,16H,1,4-5H2,2H3/t8?,9?,10?,11?,12?,15-/m0/s1. The molecule has 112 valence electrons. The lowest BCUT2D eigenvalue weighted by molar-refractivity contribution is -0.143. The first-order valence-electron chi connectivity index (χ1n) is 7.07. The topological polar surface area (TPSA) is 85.4 Å². The van der Waals surface area contributed by atoms with E-state index in [-0.39, 0.29) is 11.7 Å². The summed E-state index contributed by atoms with van der Waals surface area (Å²) in [5.41, 5.74) is 0.117. The number of aliphatic hydroxyl groups excluding tert-OH is 1. The zero-order valence-corrected chi connectivity index (χ0v) is 11.6. The zero-order chi connectivity index (χ0) is 14.9. The van der Waals surface area contributed by atoms with E-state index in [1.54, 1.807) is 6.08 Å². The summed E-state index contributed by atoms with van der Waals surface area (Å²) in [6.45, 7) is 5.70. The van der Waals surface area contributed by atoms with Crippen molar-refractivity contribution in [2.45, 2.75) is 49.8 Å². The van der Waals surface area contributed by atoms with Gasteiger partial charge in [-0.3, -0.25) is 0 Å². The van der Waals surface area contributed by atoms with Crippen molar-refractivity contribution >= 4 is 11.9 Å². The molecular weight excluding hydrogens is 276 g/mol. The van der Waals surface area contributed by atoms with E-state index >= 15 is 0 Å². The minimum Gasteiger partial charge on any atom is -0.458 e. The number of hydrogen-bond donors (Lipinski definition) is 1. The monoisotopic (exact) mass is 292 g/mol. The van der Waals surface area contributed by atoms with Crippen LogP contribution in [0.5, 0.6) is 0 Å². The van der Waals surface area contributed by atoms with Crippen molar-refractivity contribution in [2.75, 3.05) is 0 Å². The largest absolute Gasteiger partial charge is 0.458 e. The lowest BCUT2D eigenvalue weighted by Crippen LogP contribution is -2.33. The highest BCUT2D eigenvalue weighted by molar-refractivity contribution is 5.94. The predicted molar refractivity (Wildman–Crippen MR) is 69.0 cm³/mol. The van der Waals surface area contributed by atoms with Crippen LogP contribution in [0.15, 0.2) is 23.8 Å². The van der Waals surface area contributed by atoms with Gasteiger partial charge in [-0.2, -0.15) is 0 Å². The lowest BCUT2D eigenvalue weighted by Gasteiger charge is -2.23. The van der Waals surface area contributed by atoms with Crippen molar-refractivity contribution in [2.24, 2.45) is 5.92 Å². The molecule has 5 unspecified atom stereocenters. The number of epoxide rings is 1. The van der Waals surface area contributed by atoms with Gasteiger partial charge >= 0.3 is 11.9 Å². The summed E-state index contributed by atoms with van der Waals surface area (Å²) in [6.07, 6.45) is 0.383. The Balaban J connectivity index is 1.75. The molecule has 6 atom stereocenters. The second kappa shape index (κ2) is 3.96. The van der Waals surface area contributed by atoms with Crippen LogP contribution in [-0.2, 0) is 23.8 Å². The third-order valence-corrected chi connectivity index (χ3v) is 4.94. The molecule has 6 heteroatoms. The van der Waals surface area contributed by atoms with Gasteiger partial charge in [-0.1, -0.05) is 6.58 Å². The molecule has 21 heavy (non-hydrogen) atoms. The molecule has 3 aliphatic heterocycles. The minimum atomic E-state index is -0.905. The van der Waals surface area contributed by atoms with Crippen molar-refractivity contribution in [1.82, 2.24) is 0 Å². The fourth-order valence-corrected chi connectivity index (χ4v) is 3.62. The van der Waals surface area contributed by atoms with Gasteiger partial charge in [-0.15, -0.1) is 0 Å². The Morgan fingerprint density at radius 2 is 2.10 bits per heavy atom. The van der Waals surface area contributed by atoms with Crippen LogP contribution in [0.3, 0.4) is 0 Å². The molecule has 2 bridgehead atoms. The summed E-state index contributed by atoms with van der Waals surface area (Å²) >= 11 is 0. The molecule has 0 aromatic carbocycles. The minimum absolute atomic E-state index is 0.147. The molecular formula is C15H16O6. The van der Waals surface area contributed by atoms with E-state index in [2.05, 4.69) is 6.58 Å². The van der Waals surface area contributed by atoms with Crippen LogP contribution in [0.2, 0.25) is 0 Å². The average molecular weight is 292 g/mol. The first-order valence-corrected chi connectivity index (χ1v) is 7.07. The third-order valence-electron chi connectivity index (χ3n) is 4.94. The summed E-state index contributed by atoms with van der Waals surface area (Å²) in [5, 5.41) is 10.2. The van der Waals surface area contributed by atoms with E-state index in [9.17, 15) is 14.7 Å². The summed E-state index contributed by atoms with van der Waals surface area (Å²) in [7, 11) is 0. The van der Waals surface area contributed by atoms with Crippen LogP contribution in [0.4, 0.5) is 0 Å². The number of rotatable bonds is 0. The van der Waals surface area contributed by atoms with E-state index in [4.69, 9.17) is 14.2 Å². The van der Waals surface area contributed by atoms with Crippen LogP contribution in [-0.4, -0.2) is 47.1 Å². The van der Waals surface area contributed by atoms with Gasteiger partial charge in [-0.25, -0.2) is 9.59 Å². The Bertz CT molecular complexity index is 593. The van der Waals surface area contributed by atoms with Crippen LogP contribution in [0, 0.1) is 5.92 Å². The number of carbonyl (C=O) groups excluding carboxylic acids is 2. The first kappa shape index (κ1) is 13.0. The van der Waals surface area contributed by atoms with Gasteiger partial charge < -0.3 is 19.3 Å². The maximum Gasteiger partial charge on any atom is 0.337 e. The quantitative estimate of drug-likeness (QED) is 0.391. The fraction of sp³-hybridized carbons (Fsp3) is 0.600. The van der Waals surface area contributed by atoms with Crippen molar-refractivity contribution in [3.05, 3.63) is 23.8 Å². The van der Waals surface area contributed by atoms with E-state index < -0.39 is 41.8 Å². The Kier molecular flexibility index (Phi) is 2.45. The van der Waals surface area contributed by atoms with E-state index in [0.29, 0.717) is 18.4 Å². The molecule has 1 N–H and O–H groups in total. The lowest BCUT2D eigenvalue weighted by atomic mass is 9.83. The van der Waals surface area contributed by atoms with E-state index in [0.717, 1.165) is 0 Å². The number of esters is 2. The van der Waals surface area contributed by atoms with Crippen molar-refractivity contribution < 1.29 is 28.9 Å². The number of fused-ring (bicyclic) bond motifs is 4. The molecule has 2 fully saturated rings. The second-order valence-corrected chi connectivity index (χ2v) is 6.36.